The maximum atomic E-state index is 11.7. The number of hydrogen-bond acceptors (Lipinski definition) is 4. The van der Waals surface area contributed by atoms with Crippen LogP contribution in [0.2, 0.25) is 0 Å². The average molecular weight is 278 g/mol. The maximum absolute atomic E-state index is 11.7. The van der Waals surface area contributed by atoms with Gasteiger partial charge in [-0.3, -0.25) is 4.79 Å². The van der Waals surface area contributed by atoms with Crippen LogP contribution in [0.4, 0.5) is 0 Å². The first-order valence-corrected chi connectivity index (χ1v) is 7.75. The molecule has 19 heavy (non-hydrogen) atoms. The van der Waals surface area contributed by atoms with E-state index in [4.69, 9.17) is 5.26 Å². The van der Waals surface area contributed by atoms with Crippen LogP contribution >= 0.6 is 0 Å². The molecular weight excluding hydrogens is 264 g/mol. The molecule has 6 heteroatoms. The van der Waals surface area contributed by atoms with Gasteiger partial charge in [0.1, 0.15) is 5.41 Å². The fourth-order valence-corrected chi connectivity index (χ4v) is 2.35. The first-order valence-electron chi connectivity index (χ1n) is 5.86. The zero-order valence-electron chi connectivity index (χ0n) is 10.5. The van der Waals surface area contributed by atoms with E-state index in [0.29, 0.717) is 19.4 Å². The lowest BCUT2D eigenvalue weighted by atomic mass is 10.1. The van der Waals surface area contributed by atoms with E-state index in [1.54, 1.807) is 12.1 Å². The molecule has 0 aliphatic heterocycles. The summed E-state index contributed by atoms with van der Waals surface area (Å²) in [6.45, 7) is 0.298. The van der Waals surface area contributed by atoms with Crippen molar-refractivity contribution in [2.24, 2.45) is 5.41 Å². The summed E-state index contributed by atoms with van der Waals surface area (Å²) in [5.74, 6) is -0.248. The Morgan fingerprint density at radius 3 is 2.37 bits per heavy atom. The molecule has 0 spiro atoms. The Balaban J connectivity index is 1.98. The van der Waals surface area contributed by atoms with Crippen LogP contribution in [0.25, 0.3) is 0 Å². The number of nitrogens with one attached hydrogen (secondary N) is 1. The van der Waals surface area contributed by atoms with Crippen molar-refractivity contribution in [1.82, 2.24) is 5.32 Å². The maximum Gasteiger partial charge on any atom is 0.240 e. The van der Waals surface area contributed by atoms with Gasteiger partial charge in [-0.15, -0.1) is 0 Å². The van der Waals surface area contributed by atoms with Crippen molar-refractivity contribution in [2.45, 2.75) is 24.3 Å². The van der Waals surface area contributed by atoms with Gasteiger partial charge >= 0.3 is 0 Å². The predicted octanol–water partition coefficient (Wildman–Crippen LogP) is 1.01. The van der Waals surface area contributed by atoms with Gasteiger partial charge in [-0.25, -0.2) is 8.42 Å². The molecule has 5 nitrogen and oxygen atoms in total. The Morgan fingerprint density at radius 1 is 1.37 bits per heavy atom. The Hall–Kier alpha value is -1.87. The van der Waals surface area contributed by atoms with Crippen LogP contribution in [0.15, 0.2) is 29.2 Å². The van der Waals surface area contributed by atoms with Gasteiger partial charge in [-0.2, -0.15) is 5.26 Å². The molecule has 100 valence electrons. The molecule has 1 saturated carbocycles. The molecule has 0 bridgehead atoms. The van der Waals surface area contributed by atoms with Crippen molar-refractivity contribution in [1.29, 1.82) is 5.26 Å². The lowest BCUT2D eigenvalue weighted by Crippen LogP contribution is -2.30. The number of sulfone groups is 1. The van der Waals surface area contributed by atoms with E-state index in [9.17, 15) is 13.2 Å². The average Bonchev–Trinajstić information content (AvgIpc) is 3.16. The third kappa shape index (κ3) is 2.93. The summed E-state index contributed by atoms with van der Waals surface area (Å²) in [4.78, 5) is 12.0. The number of amides is 1. The van der Waals surface area contributed by atoms with Crippen molar-refractivity contribution in [3.05, 3.63) is 29.8 Å². The molecule has 1 aliphatic carbocycles. The zero-order chi connectivity index (χ0) is 14.1. The van der Waals surface area contributed by atoms with E-state index in [-0.39, 0.29) is 10.8 Å². The summed E-state index contributed by atoms with van der Waals surface area (Å²) >= 11 is 0. The molecule has 2 rings (SSSR count). The standard InChI is InChI=1S/C13H14N2O3S/c1-19(17,18)11-4-2-10(3-5-11)8-15-12(16)13(9-14)6-7-13/h2-5H,6-8H2,1H3,(H,15,16). The van der Waals surface area contributed by atoms with Crippen LogP contribution in [-0.2, 0) is 21.2 Å². The molecule has 1 aromatic carbocycles. The normalized spacial score (nSPS) is 16.4. The topological polar surface area (TPSA) is 87.0 Å². The second-order valence-electron chi connectivity index (χ2n) is 4.79. The highest BCUT2D eigenvalue weighted by Crippen LogP contribution is 2.44. The Bertz CT molecular complexity index is 637. The minimum absolute atomic E-state index is 0.248. The fraction of sp³-hybridized carbons (Fsp3) is 0.385. The van der Waals surface area contributed by atoms with Crippen molar-refractivity contribution < 1.29 is 13.2 Å². The van der Waals surface area contributed by atoms with E-state index >= 15 is 0 Å². The number of nitriles is 1. The van der Waals surface area contributed by atoms with Gasteiger partial charge in [0.2, 0.25) is 5.91 Å². The lowest BCUT2D eigenvalue weighted by molar-refractivity contribution is -0.124. The van der Waals surface area contributed by atoms with Gasteiger partial charge in [0.15, 0.2) is 9.84 Å². The van der Waals surface area contributed by atoms with Gasteiger partial charge in [0.25, 0.3) is 0 Å². The van der Waals surface area contributed by atoms with Crippen LogP contribution in [0.3, 0.4) is 0 Å². The van der Waals surface area contributed by atoms with Crippen LogP contribution in [0.1, 0.15) is 18.4 Å². The molecule has 0 heterocycles. The van der Waals surface area contributed by atoms with Crippen LogP contribution < -0.4 is 5.32 Å². The second kappa shape index (κ2) is 4.67. The zero-order valence-corrected chi connectivity index (χ0v) is 11.3. The van der Waals surface area contributed by atoms with Crippen LogP contribution in [-0.4, -0.2) is 20.6 Å². The summed E-state index contributed by atoms with van der Waals surface area (Å²) in [7, 11) is -3.20. The number of nitrogens with zero attached hydrogens (tertiary/aromatic N) is 1. The molecule has 0 atom stereocenters. The van der Waals surface area contributed by atoms with E-state index in [0.717, 1.165) is 11.8 Å². The van der Waals surface area contributed by atoms with Gasteiger partial charge in [-0.1, -0.05) is 12.1 Å². The smallest absolute Gasteiger partial charge is 0.240 e. The van der Waals surface area contributed by atoms with Crippen LogP contribution in [0, 0.1) is 16.7 Å². The van der Waals surface area contributed by atoms with Crippen molar-refractivity contribution in [3.8, 4) is 6.07 Å². The van der Waals surface area contributed by atoms with E-state index in [1.165, 1.54) is 12.1 Å². The van der Waals surface area contributed by atoms with E-state index in [2.05, 4.69) is 5.32 Å². The molecular formula is C13H14N2O3S. The number of benzene rings is 1. The largest absolute Gasteiger partial charge is 0.351 e. The van der Waals surface area contributed by atoms with Crippen molar-refractivity contribution in [2.75, 3.05) is 6.26 Å². The van der Waals surface area contributed by atoms with Gasteiger partial charge in [0.05, 0.1) is 11.0 Å². The molecule has 0 aromatic heterocycles. The molecule has 0 unspecified atom stereocenters. The minimum atomic E-state index is -3.20. The molecule has 1 N–H and O–H groups in total. The van der Waals surface area contributed by atoms with E-state index in [1.807, 2.05) is 6.07 Å². The second-order valence-corrected chi connectivity index (χ2v) is 6.81. The summed E-state index contributed by atoms with van der Waals surface area (Å²) in [5, 5.41) is 11.6. The molecule has 0 radical (unpaired) electrons. The van der Waals surface area contributed by atoms with Crippen molar-refractivity contribution in [3.63, 3.8) is 0 Å². The number of rotatable bonds is 4. The highest BCUT2D eigenvalue weighted by Gasteiger charge is 2.50. The lowest BCUT2D eigenvalue weighted by Gasteiger charge is -2.08. The Morgan fingerprint density at radius 2 is 1.95 bits per heavy atom. The highest BCUT2D eigenvalue weighted by molar-refractivity contribution is 7.90. The SMILES string of the molecule is CS(=O)(=O)c1ccc(CNC(=O)C2(C#N)CC2)cc1. The first-order chi connectivity index (χ1) is 8.87. The third-order valence-electron chi connectivity index (χ3n) is 3.20. The van der Waals surface area contributed by atoms with Gasteiger partial charge < -0.3 is 5.32 Å². The Labute approximate surface area is 112 Å². The van der Waals surface area contributed by atoms with Crippen LogP contribution in [0.5, 0.6) is 0 Å². The highest BCUT2D eigenvalue weighted by atomic mass is 32.2. The Kier molecular flexibility index (Phi) is 3.33. The molecule has 0 saturated heterocycles. The first kappa shape index (κ1) is 13.6. The predicted molar refractivity (Wildman–Crippen MR) is 68.7 cm³/mol. The number of hydrogen-bond donors (Lipinski definition) is 1. The fourth-order valence-electron chi connectivity index (χ4n) is 1.72. The number of carbonyl (C=O) groups excluding carboxylic acids is 1. The molecule has 1 aromatic rings. The summed E-state index contributed by atoms with van der Waals surface area (Å²) in [6, 6.07) is 8.35. The molecule has 1 fully saturated rings. The summed E-state index contributed by atoms with van der Waals surface area (Å²) < 4.78 is 22.6. The quantitative estimate of drug-likeness (QED) is 0.890. The molecule has 1 amide bonds. The molecule has 1 aliphatic rings. The van der Waals surface area contributed by atoms with Crippen molar-refractivity contribution >= 4 is 15.7 Å². The number of carbonyl (C=O) groups is 1. The third-order valence-corrected chi connectivity index (χ3v) is 4.33. The van der Waals surface area contributed by atoms with Gasteiger partial charge in [0, 0.05) is 12.8 Å². The summed E-state index contributed by atoms with van der Waals surface area (Å²) in [6.07, 6.45) is 2.37. The minimum Gasteiger partial charge on any atom is -0.351 e. The van der Waals surface area contributed by atoms with E-state index < -0.39 is 15.3 Å². The summed E-state index contributed by atoms with van der Waals surface area (Å²) in [5.41, 5.74) is -0.0262. The van der Waals surface area contributed by atoms with Gasteiger partial charge in [-0.05, 0) is 30.5 Å². The monoisotopic (exact) mass is 278 g/mol.